The number of amides is 1. The van der Waals surface area contributed by atoms with Gasteiger partial charge in [0.2, 0.25) is 11.7 Å². The Morgan fingerprint density at radius 2 is 1.55 bits per heavy atom. The summed E-state index contributed by atoms with van der Waals surface area (Å²) in [6, 6.07) is 11.5. The Balaban J connectivity index is 1.87. The van der Waals surface area contributed by atoms with Crippen LogP contribution in [-0.2, 0) is 9.59 Å². The second kappa shape index (κ2) is 8.46. The molecular formula is C25H27NO5. The molecule has 2 aromatic rings. The van der Waals surface area contributed by atoms with E-state index in [-0.39, 0.29) is 24.0 Å². The highest BCUT2D eigenvalue weighted by Crippen LogP contribution is 2.47. The highest BCUT2D eigenvalue weighted by atomic mass is 16.5. The molecule has 1 atom stereocenters. The van der Waals surface area contributed by atoms with Crippen LogP contribution in [-0.4, -0.2) is 33.0 Å². The van der Waals surface area contributed by atoms with Crippen LogP contribution in [0.15, 0.2) is 47.7 Å². The van der Waals surface area contributed by atoms with Crippen molar-refractivity contribution in [3.8, 4) is 17.2 Å². The average molecular weight is 421 g/mol. The van der Waals surface area contributed by atoms with Gasteiger partial charge in [0.05, 0.1) is 21.3 Å². The largest absolute Gasteiger partial charge is 0.493 e. The van der Waals surface area contributed by atoms with E-state index in [2.05, 4.69) is 0 Å². The van der Waals surface area contributed by atoms with Crippen molar-refractivity contribution < 1.29 is 23.8 Å². The predicted octanol–water partition coefficient (Wildman–Crippen LogP) is 4.55. The van der Waals surface area contributed by atoms with E-state index in [9.17, 15) is 9.59 Å². The van der Waals surface area contributed by atoms with E-state index in [1.54, 1.807) is 26.2 Å². The van der Waals surface area contributed by atoms with Crippen LogP contribution in [0.3, 0.4) is 0 Å². The summed E-state index contributed by atoms with van der Waals surface area (Å²) in [5.74, 6) is 1.25. The normalized spacial score (nSPS) is 18.7. The molecule has 0 unspecified atom stereocenters. The van der Waals surface area contributed by atoms with Gasteiger partial charge in [0.15, 0.2) is 17.3 Å². The molecule has 6 nitrogen and oxygen atoms in total. The number of carbonyl (C=O) groups excluding carboxylic acids is 2. The van der Waals surface area contributed by atoms with Crippen molar-refractivity contribution >= 4 is 17.4 Å². The van der Waals surface area contributed by atoms with Gasteiger partial charge < -0.3 is 14.2 Å². The summed E-state index contributed by atoms with van der Waals surface area (Å²) in [5, 5.41) is 0. The van der Waals surface area contributed by atoms with Gasteiger partial charge in [-0.2, -0.15) is 0 Å². The number of anilines is 1. The molecule has 0 saturated heterocycles. The lowest BCUT2D eigenvalue weighted by molar-refractivity contribution is -0.119. The van der Waals surface area contributed by atoms with Crippen LogP contribution in [0.25, 0.3) is 0 Å². The van der Waals surface area contributed by atoms with Gasteiger partial charge in [0, 0.05) is 35.7 Å². The third kappa shape index (κ3) is 3.67. The number of benzene rings is 2. The lowest BCUT2D eigenvalue weighted by Gasteiger charge is -2.38. The van der Waals surface area contributed by atoms with Gasteiger partial charge in [-0.05, 0) is 49.6 Å². The fraction of sp³-hybridized carbons (Fsp3) is 0.360. The fourth-order valence-corrected chi connectivity index (χ4v) is 4.57. The van der Waals surface area contributed by atoms with Crippen LogP contribution < -0.4 is 19.1 Å². The first-order chi connectivity index (χ1) is 15.0. The summed E-state index contributed by atoms with van der Waals surface area (Å²) < 4.78 is 16.4. The van der Waals surface area contributed by atoms with Crippen molar-refractivity contribution in [1.29, 1.82) is 0 Å². The summed E-state index contributed by atoms with van der Waals surface area (Å²) in [5.41, 5.74) is 4.28. The Bertz CT molecular complexity index is 1030. The summed E-state index contributed by atoms with van der Waals surface area (Å²) in [7, 11) is 4.67. The maximum Gasteiger partial charge on any atom is 0.232 e. The van der Waals surface area contributed by atoms with Crippen LogP contribution >= 0.6 is 0 Å². The van der Waals surface area contributed by atoms with Gasteiger partial charge in [-0.3, -0.25) is 14.5 Å². The van der Waals surface area contributed by atoms with Crippen molar-refractivity contribution in [2.24, 2.45) is 0 Å². The third-order valence-electron chi connectivity index (χ3n) is 6.06. The monoisotopic (exact) mass is 421 g/mol. The van der Waals surface area contributed by atoms with E-state index in [1.807, 2.05) is 43.3 Å². The summed E-state index contributed by atoms with van der Waals surface area (Å²) in [4.78, 5) is 28.2. The molecule has 0 N–H and O–H groups in total. The van der Waals surface area contributed by atoms with Crippen molar-refractivity contribution in [3.05, 3.63) is 58.8 Å². The number of hydrogen-bond donors (Lipinski definition) is 0. The summed E-state index contributed by atoms with van der Waals surface area (Å²) in [6.45, 7) is 2.01. The number of Topliss-reactive ketones (excluding diaryl/α,β-unsaturated/α-hetero) is 1. The van der Waals surface area contributed by atoms with E-state index >= 15 is 0 Å². The smallest absolute Gasteiger partial charge is 0.232 e. The molecule has 2 aliphatic rings. The predicted molar refractivity (Wildman–Crippen MR) is 118 cm³/mol. The average Bonchev–Trinajstić information content (AvgIpc) is 2.78. The first-order valence-corrected chi connectivity index (χ1v) is 10.4. The van der Waals surface area contributed by atoms with E-state index < -0.39 is 0 Å². The number of rotatable bonds is 5. The van der Waals surface area contributed by atoms with Gasteiger partial charge in [-0.1, -0.05) is 17.7 Å². The quantitative estimate of drug-likeness (QED) is 0.709. The van der Waals surface area contributed by atoms with Crippen LogP contribution in [0.1, 0.15) is 42.7 Å². The molecule has 0 aromatic heterocycles. The van der Waals surface area contributed by atoms with Crippen molar-refractivity contribution in [2.45, 2.75) is 38.5 Å². The molecule has 1 aliphatic carbocycles. The van der Waals surface area contributed by atoms with Gasteiger partial charge in [-0.15, -0.1) is 0 Å². The second-order valence-electron chi connectivity index (χ2n) is 7.92. The van der Waals surface area contributed by atoms with E-state index in [0.717, 1.165) is 34.5 Å². The lowest BCUT2D eigenvalue weighted by atomic mass is 9.77. The summed E-state index contributed by atoms with van der Waals surface area (Å²) in [6.07, 6.45) is 2.14. The Labute approximate surface area is 182 Å². The molecule has 4 rings (SSSR count). The zero-order chi connectivity index (χ0) is 22.1. The molecule has 2 aromatic carbocycles. The number of hydrogen-bond acceptors (Lipinski definition) is 5. The molecule has 1 amide bonds. The molecule has 0 fully saturated rings. The van der Waals surface area contributed by atoms with E-state index in [4.69, 9.17) is 14.2 Å². The van der Waals surface area contributed by atoms with Crippen molar-refractivity contribution in [1.82, 2.24) is 0 Å². The van der Waals surface area contributed by atoms with Crippen LogP contribution in [0.4, 0.5) is 5.69 Å². The Morgan fingerprint density at radius 3 is 2.13 bits per heavy atom. The lowest BCUT2D eigenvalue weighted by Crippen LogP contribution is -2.40. The zero-order valence-corrected chi connectivity index (χ0v) is 18.4. The molecule has 162 valence electrons. The molecular weight excluding hydrogens is 394 g/mol. The minimum Gasteiger partial charge on any atom is -0.493 e. The highest BCUT2D eigenvalue weighted by molar-refractivity contribution is 6.07. The Kier molecular flexibility index (Phi) is 5.72. The minimum absolute atomic E-state index is 0.0175. The molecule has 31 heavy (non-hydrogen) atoms. The number of ketones is 1. The SMILES string of the molecule is COc1cc([C@@H]2CC(=O)N(c3ccc(C)cc3)C3=C2C(=O)CCC3)cc(OC)c1OC. The second-order valence-corrected chi connectivity index (χ2v) is 7.92. The Hall–Kier alpha value is -3.28. The first kappa shape index (κ1) is 21.0. The van der Waals surface area contributed by atoms with Crippen LogP contribution in [0, 0.1) is 6.92 Å². The van der Waals surface area contributed by atoms with E-state index in [1.165, 1.54) is 0 Å². The number of methoxy groups -OCH3 is 3. The van der Waals surface area contributed by atoms with Crippen molar-refractivity contribution in [2.75, 3.05) is 26.2 Å². The summed E-state index contributed by atoms with van der Waals surface area (Å²) >= 11 is 0. The maximum atomic E-state index is 13.4. The topological polar surface area (TPSA) is 65.1 Å². The molecule has 1 heterocycles. The number of aryl methyl sites for hydroxylation is 1. The number of nitrogens with zero attached hydrogens (tertiary/aromatic N) is 1. The number of carbonyl (C=O) groups is 2. The van der Waals surface area contributed by atoms with Gasteiger partial charge in [-0.25, -0.2) is 0 Å². The molecule has 0 spiro atoms. The standard InChI is InChI=1S/C25H27NO5/c1-15-8-10-17(11-9-15)26-19-6-5-7-20(27)24(19)18(14-23(26)28)16-12-21(29-2)25(31-4)22(13-16)30-3/h8-13,18H,5-7,14H2,1-4H3/t18-/m0/s1. The molecule has 0 radical (unpaired) electrons. The zero-order valence-electron chi connectivity index (χ0n) is 18.4. The molecule has 6 heteroatoms. The van der Waals surface area contributed by atoms with Crippen LogP contribution in [0.5, 0.6) is 17.2 Å². The highest BCUT2D eigenvalue weighted by Gasteiger charge is 2.40. The number of ether oxygens (including phenoxy) is 3. The Morgan fingerprint density at radius 1 is 0.903 bits per heavy atom. The molecule has 0 saturated carbocycles. The van der Waals surface area contributed by atoms with Gasteiger partial charge >= 0.3 is 0 Å². The minimum atomic E-state index is -0.342. The first-order valence-electron chi connectivity index (χ1n) is 10.4. The molecule has 0 bridgehead atoms. The fourth-order valence-electron chi connectivity index (χ4n) is 4.57. The number of allylic oxidation sites excluding steroid dienone is 2. The molecule has 1 aliphatic heterocycles. The van der Waals surface area contributed by atoms with Gasteiger partial charge in [0.1, 0.15) is 0 Å². The van der Waals surface area contributed by atoms with Gasteiger partial charge in [0.25, 0.3) is 0 Å². The van der Waals surface area contributed by atoms with E-state index in [0.29, 0.717) is 30.1 Å². The third-order valence-corrected chi connectivity index (χ3v) is 6.06. The maximum absolute atomic E-state index is 13.4. The van der Waals surface area contributed by atoms with Crippen LogP contribution in [0.2, 0.25) is 0 Å². The van der Waals surface area contributed by atoms with Crippen molar-refractivity contribution in [3.63, 3.8) is 0 Å².